The second-order valence-corrected chi connectivity index (χ2v) is 2.85. The molecule has 0 aliphatic heterocycles. The number of hydrogen-bond acceptors (Lipinski definition) is 3. The Kier molecular flexibility index (Phi) is 3.50. The molecule has 0 unspecified atom stereocenters. The zero-order valence-electron chi connectivity index (χ0n) is 7.87. The monoisotopic (exact) mass is 189 g/mol. The Labute approximate surface area is 82.5 Å². The molecule has 2 N–H and O–H groups in total. The third kappa shape index (κ3) is 3.15. The quantitative estimate of drug-likeness (QED) is 0.555. The minimum atomic E-state index is -0.0661. The zero-order valence-corrected chi connectivity index (χ0v) is 7.87. The Balaban J connectivity index is 2.64. The van der Waals surface area contributed by atoms with Crippen LogP contribution in [0.3, 0.4) is 0 Å². The van der Waals surface area contributed by atoms with E-state index in [1.54, 1.807) is 6.07 Å². The number of carbonyl (C=O) groups is 1. The lowest BCUT2D eigenvalue weighted by Crippen LogP contribution is -2.18. The molecule has 0 saturated carbocycles. The number of nitrogens with zero attached hydrogens (tertiary/aromatic N) is 1. The SMILES string of the molecule is CC(=O)NCc1cccc(NC#N)c1. The summed E-state index contributed by atoms with van der Waals surface area (Å²) in [6.45, 7) is 1.95. The van der Waals surface area contributed by atoms with Crippen LogP contribution >= 0.6 is 0 Å². The first-order valence-electron chi connectivity index (χ1n) is 4.21. The molecular formula is C10H11N3O. The van der Waals surface area contributed by atoms with Gasteiger partial charge >= 0.3 is 0 Å². The topological polar surface area (TPSA) is 64.9 Å². The van der Waals surface area contributed by atoms with Crippen molar-refractivity contribution in [3.05, 3.63) is 29.8 Å². The fraction of sp³-hybridized carbons (Fsp3) is 0.200. The molecule has 1 rings (SSSR count). The summed E-state index contributed by atoms with van der Waals surface area (Å²) >= 11 is 0. The molecule has 4 nitrogen and oxygen atoms in total. The Bertz CT molecular complexity index is 368. The molecule has 0 spiro atoms. The lowest BCUT2D eigenvalue weighted by Gasteiger charge is -2.03. The zero-order chi connectivity index (χ0) is 10.4. The summed E-state index contributed by atoms with van der Waals surface area (Å²) in [5.41, 5.74) is 1.69. The third-order valence-corrected chi connectivity index (χ3v) is 1.67. The Morgan fingerprint density at radius 3 is 3.00 bits per heavy atom. The van der Waals surface area contributed by atoms with Crippen molar-refractivity contribution in [3.8, 4) is 6.19 Å². The van der Waals surface area contributed by atoms with E-state index in [0.29, 0.717) is 6.54 Å². The molecule has 0 aromatic heterocycles. The molecule has 14 heavy (non-hydrogen) atoms. The van der Waals surface area contributed by atoms with E-state index in [-0.39, 0.29) is 5.91 Å². The van der Waals surface area contributed by atoms with Crippen molar-refractivity contribution in [2.45, 2.75) is 13.5 Å². The smallest absolute Gasteiger partial charge is 0.217 e. The van der Waals surface area contributed by atoms with Gasteiger partial charge in [-0.1, -0.05) is 12.1 Å². The first-order valence-corrected chi connectivity index (χ1v) is 4.21. The van der Waals surface area contributed by atoms with Crippen LogP contribution < -0.4 is 10.6 Å². The van der Waals surface area contributed by atoms with E-state index in [1.807, 2.05) is 24.4 Å². The van der Waals surface area contributed by atoms with E-state index in [9.17, 15) is 4.79 Å². The van der Waals surface area contributed by atoms with Crippen molar-refractivity contribution < 1.29 is 4.79 Å². The molecule has 72 valence electrons. The predicted molar refractivity (Wildman–Crippen MR) is 53.2 cm³/mol. The third-order valence-electron chi connectivity index (χ3n) is 1.67. The second-order valence-electron chi connectivity index (χ2n) is 2.85. The lowest BCUT2D eigenvalue weighted by atomic mass is 10.2. The van der Waals surface area contributed by atoms with E-state index < -0.39 is 0 Å². The molecule has 0 fully saturated rings. The van der Waals surface area contributed by atoms with Crippen molar-refractivity contribution >= 4 is 11.6 Å². The molecule has 0 heterocycles. The van der Waals surface area contributed by atoms with Crippen molar-refractivity contribution in [2.24, 2.45) is 0 Å². The molecule has 0 aliphatic rings. The van der Waals surface area contributed by atoms with Gasteiger partial charge in [0.05, 0.1) is 0 Å². The van der Waals surface area contributed by atoms with Gasteiger partial charge in [-0.15, -0.1) is 0 Å². The molecule has 4 heteroatoms. The van der Waals surface area contributed by atoms with Crippen LogP contribution in [0.15, 0.2) is 24.3 Å². The molecule has 1 amide bonds. The van der Waals surface area contributed by atoms with Crippen LogP contribution in [0.4, 0.5) is 5.69 Å². The van der Waals surface area contributed by atoms with Gasteiger partial charge in [-0.3, -0.25) is 10.1 Å². The Hall–Kier alpha value is -2.02. The van der Waals surface area contributed by atoms with Crippen LogP contribution in [0.1, 0.15) is 12.5 Å². The van der Waals surface area contributed by atoms with Gasteiger partial charge in [0.1, 0.15) is 0 Å². The van der Waals surface area contributed by atoms with E-state index in [4.69, 9.17) is 5.26 Å². The van der Waals surface area contributed by atoms with E-state index in [1.165, 1.54) is 6.92 Å². The average molecular weight is 189 g/mol. The number of nitriles is 1. The van der Waals surface area contributed by atoms with Crippen LogP contribution in [-0.2, 0) is 11.3 Å². The number of anilines is 1. The summed E-state index contributed by atoms with van der Waals surface area (Å²) < 4.78 is 0. The van der Waals surface area contributed by atoms with Gasteiger partial charge in [0.15, 0.2) is 6.19 Å². The van der Waals surface area contributed by atoms with Gasteiger partial charge in [-0.25, -0.2) is 0 Å². The summed E-state index contributed by atoms with van der Waals surface area (Å²) in [5.74, 6) is -0.0661. The van der Waals surface area contributed by atoms with Gasteiger partial charge < -0.3 is 5.32 Å². The maximum Gasteiger partial charge on any atom is 0.217 e. The summed E-state index contributed by atoms with van der Waals surface area (Å²) in [4.78, 5) is 10.6. The molecule has 1 aromatic rings. The molecule has 0 aliphatic carbocycles. The average Bonchev–Trinajstić information content (AvgIpc) is 2.16. The molecule has 0 bridgehead atoms. The maximum absolute atomic E-state index is 10.6. The van der Waals surface area contributed by atoms with Crippen LogP contribution in [-0.4, -0.2) is 5.91 Å². The van der Waals surface area contributed by atoms with Gasteiger partial charge in [-0.2, -0.15) is 5.26 Å². The minimum Gasteiger partial charge on any atom is -0.352 e. The second kappa shape index (κ2) is 4.87. The van der Waals surface area contributed by atoms with E-state index in [2.05, 4.69) is 10.6 Å². The van der Waals surface area contributed by atoms with Crippen LogP contribution in [0.5, 0.6) is 0 Å². The van der Waals surface area contributed by atoms with Crippen LogP contribution in [0.2, 0.25) is 0 Å². The van der Waals surface area contributed by atoms with Gasteiger partial charge in [0, 0.05) is 19.2 Å². The summed E-state index contributed by atoms with van der Waals surface area (Å²) in [6, 6.07) is 7.33. The fourth-order valence-electron chi connectivity index (χ4n) is 1.05. The van der Waals surface area contributed by atoms with E-state index in [0.717, 1.165) is 11.3 Å². The van der Waals surface area contributed by atoms with Gasteiger partial charge in [0.25, 0.3) is 0 Å². The highest BCUT2D eigenvalue weighted by Gasteiger charge is 1.96. The van der Waals surface area contributed by atoms with Crippen molar-refractivity contribution in [2.75, 3.05) is 5.32 Å². The highest BCUT2D eigenvalue weighted by atomic mass is 16.1. The van der Waals surface area contributed by atoms with Crippen LogP contribution in [0.25, 0.3) is 0 Å². The highest BCUT2D eigenvalue weighted by Crippen LogP contribution is 2.09. The summed E-state index contributed by atoms with van der Waals surface area (Å²) in [6.07, 6.45) is 1.84. The molecule has 0 atom stereocenters. The molecular weight excluding hydrogens is 178 g/mol. The van der Waals surface area contributed by atoms with Gasteiger partial charge in [-0.05, 0) is 17.7 Å². The maximum atomic E-state index is 10.6. The highest BCUT2D eigenvalue weighted by molar-refractivity contribution is 5.72. The fourth-order valence-corrected chi connectivity index (χ4v) is 1.05. The summed E-state index contributed by atoms with van der Waals surface area (Å²) in [5, 5.41) is 13.6. The first kappa shape index (κ1) is 10.1. The van der Waals surface area contributed by atoms with Crippen LogP contribution in [0, 0.1) is 11.5 Å². The normalized spacial score (nSPS) is 8.86. The Morgan fingerprint density at radius 2 is 2.36 bits per heavy atom. The number of amides is 1. The van der Waals surface area contributed by atoms with Crippen molar-refractivity contribution in [1.29, 1.82) is 5.26 Å². The largest absolute Gasteiger partial charge is 0.352 e. The minimum absolute atomic E-state index is 0.0661. The number of benzene rings is 1. The number of hydrogen-bond donors (Lipinski definition) is 2. The number of carbonyl (C=O) groups excluding carboxylic acids is 1. The van der Waals surface area contributed by atoms with E-state index >= 15 is 0 Å². The number of rotatable bonds is 3. The Morgan fingerprint density at radius 1 is 1.57 bits per heavy atom. The standard InChI is InChI=1S/C10H11N3O/c1-8(14)12-6-9-3-2-4-10(5-9)13-7-11/h2-5,13H,6H2,1H3,(H,12,14). The molecule has 0 radical (unpaired) electrons. The van der Waals surface area contributed by atoms with Gasteiger partial charge in [0.2, 0.25) is 5.91 Å². The van der Waals surface area contributed by atoms with Crippen molar-refractivity contribution in [1.82, 2.24) is 5.32 Å². The number of nitrogens with one attached hydrogen (secondary N) is 2. The van der Waals surface area contributed by atoms with Crippen molar-refractivity contribution in [3.63, 3.8) is 0 Å². The predicted octanol–water partition coefficient (Wildman–Crippen LogP) is 1.22. The molecule has 1 aromatic carbocycles. The lowest BCUT2D eigenvalue weighted by molar-refractivity contribution is -0.119. The first-order chi connectivity index (χ1) is 6.72. The molecule has 0 saturated heterocycles. The summed E-state index contributed by atoms with van der Waals surface area (Å²) in [7, 11) is 0.